The van der Waals surface area contributed by atoms with E-state index < -0.39 is 16.4 Å². The number of nitro groups is 1. The first-order valence-electron chi connectivity index (χ1n) is 3.14. The molecule has 1 rings (SSSR count). The monoisotopic (exact) mass is 168 g/mol. The number of methoxy groups -OCH3 is 1. The molecule has 0 saturated heterocycles. The SMILES string of the molecule is COc1ccc([N+](=O)[O-])c([O-])c1. The maximum absolute atomic E-state index is 10.9. The minimum atomic E-state index is -0.720. The predicted molar refractivity (Wildman–Crippen MR) is 39.1 cm³/mol. The van der Waals surface area contributed by atoms with Gasteiger partial charge in [0.25, 0.3) is 5.69 Å². The molecule has 0 aliphatic heterocycles. The fraction of sp³-hybridized carbons (Fsp3) is 0.143. The molecular formula is C7H6NO4-. The van der Waals surface area contributed by atoms with Crippen molar-refractivity contribution in [3.05, 3.63) is 28.3 Å². The van der Waals surface area contributed by atoms with E-state index in [4.69, 9.17) is 4.74 Å². The van der Waals surface area contributed by atoms with Crippen LogP contribution in [0.1, 0.15) is 0 Å². The van der Waals surface area contributed by atoms with Crippen molar-refractivity contribution in [2.45, 2.75) is 0 Å². The lowest BCUT2D eigenvalue weighted by molar-refractivity contribution is -0.398. The van der Waals surface area contributed by atoms with E-state index in [-0.39, 0.29) is 0 Å². The standard InChI is InChI=1S/C7H7NO4/c1-12-5-2-3-6(8(10)11)7(9)4-5/h2-4,9H,1H3/p-1. The minimum Gasteiger partial charge on any atom is -0.868 e. The third kappa shape index (κ3) is 1.45. The summed E-state index contributed by atoms with van der Waals surface area (Å²) in [5.41, 5.74) is -0.434. The Bertz CT molecular complexity index is 310. The predicted octanol–water partition coefficient (Wildman–Crippen LogP) is 0.677. The molecule has 1 aromatic carbocycles. The first-order valence-corrected chi connectivity index (χ1v) is 3.14. The van der Waals surface area contributed by atoms with E-state index in [0.717, 1.165) is 12.1 Å². The van der Waals surface area contributed by atoms with Gasteiger partial charge in [0.2, 0.25) is 0 Å². The van der Waals surface area contributed by atoms with E-state index in [9.17, 15) is 15.2 Å². The van der Waals surface area contributed by atoms with E-state index in [2.05, 4.69) is 0 Å². The Morgan fingerprint density at radius 1 is 1.50 bits per heavy atom. The summed E-state index contributed by atoms with van der Waals surface area (Å²) < 4.78 is 4.71. The zero-order valence-corrected chi connectivity index (χ0v) is 6.31. The first kappa shape index (κ1) is 8.32. The highest BCUT2D eigenvalue weighted by atomic mass is 16.6. The summed E-state index contributed by atoms with van der Waals surface area (Å²) in [5, 5.41) is 21.1. The lowest BCUT2D eigenvalue weighted by atomic mass is 10.3. The van der Waals surface area contributed by atoms with Crippen LogP contribution in [0.5, 0.6) is 11.5 Å². The topological polar surface area (TPSA) is 75.4 Å². The Morgan fingerprint density at radius 3 is 2.58 bits per heavy atom. The van der Waals surface area contributed by atoms with Gasteiger partial charge in [-0.2, -0.15) is 0 Å². The summed E-state index contributed by atoms with van der Waals surface area (Å²) in [4.78, 5) is 9.47. The summed E-state index contributed by atoms with van der Waals surface area (Å²) in [6, 6.07) is 3.58. The Hall–Kier alpha value is -1.78. The smallest absolute Gasteiger partial charge is 0.261 e. The van der Waals surface area contributed by atoms with Crippen LogP contribution >= 0.6 is 0 Å². The van der Waals surface area contributed by atoms with Gasteiger partial charge in [0.05, 0.1) is 12.0 Å². The van der Waals surface area contributed by atoms with Crippen molar-refractivity contribution in [1.82, 2.24) is 0 Å². The first-order chi connectivity index (χ1) is 5.65. The van der Waals surface area contributed by atoms with Crippen LogP contribution in [0, 0.1) is 10.1 Å². The van der Waals surface area contributed by atoms with Crippen LogP contribution in [0.3, 0.4) is 0 Å². The second-order valence-corrected chi connectivity index (χ2v) is 2.09. The molecule has 0 amide bonds. The molecule has 1 aromatic rings. The van der Waals surface area contributed by atoms with Crippen LogP contribution in [-0.4, -0.2) is 12.0 Å². The van der Waals surface area contributed by atoms with E-state index >= 15 is 0 Å². The van der Waals surface area contributed by atoms with Gasteiger partial charge < -0.3 is 9.84 Å². The average Bonchev–Trinajstić information content (AvgIpc) is 2.03. The zero-order valence-electron chi connectivity index (χ0n) is 6.31. The van der Waals surface area contributed by atoms with Gasteiger partial charge in [-0.05, 0) is 17.9 Å². The van der Waals surface area contributed by atoms with Gasteiger partial charge in [-0.25, -0.2) is 0 Å². The Kier molecular flexibility index (Phi) is 2.14. The molecule has 5 heteroatoms. The molecular weight excluding hydrogens is 162 g/mol. The lowest BCUT2D eigenvalue weighted by Crippen LogP contribution is -1.97. The van der Waals surface area contributed by atoms with Gasteiger partial charge in [0.1, 0.15) is 5.75 Å². The van der Waals surface area contributed by atoms with Gasteiger partial charge in [-0.3, -0.25) is 10.1 Å². The summed E-state index contributed by atoms with van der Waals surface area (Å²) in [6.07, 6.45) is 0. The van der Waals surface area contributed by atoms with Crippen molar-refractivity contribution in [3.63, 3.8) is 0 Å². The highest BCUT2D eigenvalue weighted by molar-refractivity contribution is 5.48. The van der Waals surface area contributed by atoms with E-state index in [1.54, 1.807) is 0 Å². The van der Waals surface area contributed by atoms with Crippen LogP contribution in [0.4, 0.5) is 5.69 Å². The number of benzene rings is 1. The molecule has 0 saturated carbocycles. The fourth-order valence-corrected chi connectivity index (χ4v) is 0.772. The van der Waals surface area contributed by atoms with Crippen molar-refractivity contribution in [3.8, 4) is 11.5 Å². The molecule has 5 nitrogen and oxygen atoms in total. The average molecular weight is 168 g/mol. The van der Waals surface area contributed by atoms with Crippen LogP contribution in [0.25, 0.3) is 0 Å². The van der Waals surface area contributed by atoms with Gasteiger partial charge in [0, 0.05) is 6.07 Å². The summed E-state index contributed by atoms with van der Waals surface area (Å²) >= 11 is 0. The van der Waals surface area contributed by atoms with Crippen molar-refractivity contribution in [2.24, 2.45) is 0 Å². The number of rotatable bonds is 2. The number of hydrogen-bond acceptors (Lipinski definition) is 4. The van der Waals surface area contributed by atoms with Gasteiger partial charge >= 0.3 is 0 Å². The third-order valence-corrected chi connectivity index (χ3v) is 1.36. The number of nitrogens with zero attached hydrogens (tertiary/aromatic N) is 1. The van der Waals surface area contributed by atoms with Crippen molar-refractivity contribution in [1.29, 1.82) is 0 Å². The molecule has 0 aromatic heterocycles. The molecule has 0 N–H and O–H groups in total. The molecule has 64 valence electrons. The van der Waals surface area contributed by atoms with Crippen LogP contribution < -0.4 is 9.84 Å². The quantitative estimate of drug-likeness (QED) is 0.480. The van der Waals surface area contributed by atoms with E-state index in [0.29, 0.717) is 5.75 Å². The molecule has 0 heterocycles. The van der Waals surface area contributed by atoms with E-state index in [1.807, 2.05) is 0 Å². The molecule has 0 unspecified atom stereocenters. The molecule has 0 spiro atoms. The number of ether oxygens (including phenoxy) is 1. The maximum atomic E-state index is 10.9. The Balaban J connectivity index is 3.12. The number of hydrogen-bond donors (Lipinski definition) is 0. The lowest BCUT2D eigenvalue weighted by Gasteiger charge is -2.07. The molecule has 0 atom stereocenters. The summed E-state index contributed by atoms with van der Waals surface area (Å²) in [6.45, 7) is 0. The number of nitro benzene ring substituents is 1. The highest BCUT2D eigenvalue weighted by Crippen LogP contribution is 2.26. The molecule has 12 heavy (non-hydrogen) atoms. The second kappa shape index (κ2) is 3.08. The highest BCUT2D eigenvalue weighted by Gasteiger charge is 2.06. The van der Waals surface area contributed by atoms with Crippen LogP contribution in [0.15, 0.2) is 18.2 Å². The normalized spacial score (nSPS) is 9.42. The van der Waals surface area contributed by atoms with Crippen LogP contribution in [0.2, 0.25) is 0 Å². The van der Waals surface area contributed by atoms with E-state index in [1.165, 1.54) is 13.2 Å². The zero-order chi connectivity index (χ0) is 9.14. The summed E-state index contributed by atoms with van der Waals surface area (Å²) in [7, 11) is 1.39. The summed E-state index contributed by atoms with van der Waals surface area (Å²) in [5.74, 6) is -0.315. The van der Waals surface area contributed by atoms with Gasteiger partial charge in [-0.1, -0.05) is 0 Å². The minimum absolute atomic E-state index is 0.325. The van der Waals surface area contributed by atoms with Gasteiger partial charge in [0.15, 0.2) is 0 Å². The molecule has 0 bridgehead atoms. The molecule has 0 radical (unpaired) electrons. The second-order valence-electron chi connectivity index (χ2n) is 2.09. The Morgan fingerprint density at radius 2 is 2.17 bits per heavy atom. The molecule has 0 fully saturated rings. The van der Waals surface area contributed by atoms with Crippen molar-refractivity contribution >= 4 is 5.69 Å². The molecule has 0 aliphatic carbocycles. The van der Waals surface area contributed by atoms with Crippen LogP contribution in [-0.2, 0) is 0 Å². The Labute approximate surface area is 68.4 Å². The maximum Gasteiger partial charge on any atom is 0.261 e. The fourth-order valence-electron chi connectivity index (χ4n) is 0.772. The third-order valence-electron chi connectivity index (χ3n) is 1.36. The van der Waals surface area contributed by atoms with Crippen molar-refractivity contribution in [2.75, 3.05) is 7.11 Å². The molecule has 0 aliphatic rings. The van der Waals surface area contributed by atoms with Gasteiger partial charge in [-0.15, -0.1) is 0 Å². The van der Waals surface area contributed by atoms with Crippen molar-refractivity contribution < 1.29 is 14.8 Å². The largest absolute Gasteiger partial charge is 0.868 e.